The van der Waals surface area contributed by atoms with Crippen molar-refractivity contribution in [3.8, 4) is 5.88 Å². The lowest BCUT2D eigenvalue weighted by molar-refractivity contribution is -0.870. The summed E-state index contributed by atoms with van der Waals surface area (Å²) in [5, 5.41) is 1.12. The zero-order chi connectivity index (χ0) is 11.6. The van der Waals surface area contributed by atoms with E-state index in [1.54, 1.807) is 0 Å². The van der Waals surface area contributed by atoms with Gasteiger partial charge in [0.15, 0.2) is 0 Å². The van der Waals surface area contributed by atoms with E-state index in [9.17, 15) is 0 Å². The highest BCUT2D eigenvalue weighted by atomic mass is 32.1. The Bertz CT molecular complexity index is 473. The molecule has 1 aromatic carbocycles. The second-order valence-corrected chi connectivity index (χ2v) is 5.65. The Hall–Kier alpha value is -1.13. The van der Waals surface area contributed by atoms with Crippen LogP contribution in [0.5, 0.6) is 5.88 Å². The number of ether oxygens (including phenoxy) is 1. The predicted octanol–water partition coefficient (Wildman–Crippen LogP) is 2.38. The van der Waals surface area contributed by atoms with Gasteiger partial charge >= 0.3 is 0 Å². The van der Waals surface area contributed by atoms with Crippen LogP contribution in [0.4, 0.5) is 0 Å². The lowest BCUT2D eigenvalue weighted by Crippen LogP contribution is -2.38. The Morgan fingerprint density at radius 1 is 1.25 bits per heavy atom. The van der Waals surface area contributed by atoms with Gasteiger partial charge in [0, 0.05) is 0 Å². The third-order valence-corrected chi connectivity index (χ3v) is 3.16. The molecular formula is C12H17N2OS+. The van der Waals surface area contributed by atoms with E-state index in [1.807, 2.05) is 12.1 Å². The van der Waals surface area contributed by atoms with Crippen LogP contribution in [-0.4, -0.2) is 43.2 Å². The molecular weight excluding hydrogens is 220 g/mol. The number of fused-ring (bicyclic) bond motifs is 1. The molecule has 4 heteroatoms. The first-order chi connectivity index (χ1) is 7.56. The number of nitrogens with zero attached hydrogens (tertiary/aromatic N) is 2. The average molecular weight is 237 g/mol. The minimum Gasteiger partial charge on any atom is -0.471 e. The Kier molecular flexibility index (Phi) is 3.12. The highest BCUT2D eigenvalue weighted by Gasteiger charge is 2.10. The summed E-state index contributed by atoms with van der Waals surface area (Å²) < 4.78 is 12.1. The number of rotatable bonds is 4. The van der Waals surface area contributed by atoms with Crippen LogP contribution in [0.2, 0.25) is 0 Å². The van der Waals surface area contributed by atoms with Gasteiger partial charge in [-0.05, 0) is 23.7 Å². The molecule has 2 aromatic rings. The zero-order valence-corrected chi connectivity index (χ0v) is 10.8. The van der Waals surface area contributed by atoms with E-state index < -0.39 is 0 Å². The van der Waals surface area contributed by atoms with Gasteiger partial charge in [-0.25, -0.2) is 0 Å². The summed E-state index contributed by atoms with van der Waals surface area (Å²) in [6, 6.07) is 8.17. The second kappa shape index (κ2) is 4.39. The smallest absolute Gasteiger partial charge is 0.233 e. The van der Waals surface area contributed by atoms with E-state index in [1.165, 1.54) is 16.2 Å². The van der Waals surface area contributed by atoms with Crippen LogP contribution in [0.1, 0.15) is 0 Å². The molecule has 0 unspecified atom stereocenters. The molecule has 0 aliphatic heterocycles. The van der Waals surface area contributed by atoms with Crippen molar-refractivity contribution in [2.45, 2.75) is 0 Å². The molecule has 0 radical (unpaired) electrons. The highest BCUT2D eigenvalue weighted by molar-refractivity contribution is 7.13. The Labute approximate surface area is 100 Å². The fourth-order valence-corrected chi connectivity index (χ4v) is 2.11. The van der Waals surface area contributed by atoms with Gasteiger partial charge in [0.2, 0.25) is 5.88 Å². The molecule has 0 N–H and O–H groups in total. The average Bonchev–Trinajstić information content (AvgIpc) is 2.60. The molecule has 0 fully saturated rings. The monoisotopic (exact) mass is 237 g/mol. The molecule has 1 heterocycles. The largest absolute Gasteiger partial charge is 0.471 e. The van der Waals surface area contributed by atoms with Gasteiger partial charge in [-0.2, -0.15) is 4.37 Å². The fourth-order valence-electron chi connectivity index (χ4n) is 1.38. The molecule has 86 valence electrons. The molecule has 0 spiro atoms. The standard InChI is InChI=1S/C12H17N2OS/c1-14(2,3)8-9-15-12-10-6-4-5-7-11(10)16-13-12/h4-7H,8-9H2,1-3H3/q+1. The van der Waals surface area contributed by atoms with Gasteiger partial charge in [-0.15, -0.1) is 0 Å². The van der Waals surface area contributed by atoms with Crippen LogP contribution in [-0.2, 0) is 0 Å². The van der Waals surface area contributed by atoms with Crippen molar-refractivity contribution in [1.29, 1.82) is 0 Å². The third kappa shape index (κ3) is 2.71. The number of benzene rings is 1. The summed E-state index contributed by atoms with van der Waals surface area (Å²) in [7, 11) is 6.47. The van der Waals surface area contributed by atoms with E-state index in [0.717, 1.165) is 22.3 Å². The number of hydrogen-bond acceptors (Lipinski definition) is 3. The topological polar surface area (TPSA) is 22.1 Å². The molecule has 3 nitrogen and oxygen atoms in total. The van der Waals surface area contributed by atoms with Crippen molar-refractivity contribution in [3.05, 3.63) is 24.3 Å². The molecule has 0 aliphatic rings. The first kappa shape index (κ1) is 11.4. The zero-order valence-electron chi connectivity index (χ0n) is 9.93. The summed E-state index contributed by atoms with van der Waals surface area (Å²) in [4.78, 5) is 0. The molecule has 0 atom stereocenters. The van der Waals surface area contributed by atoms with Gasteiger partial charge in [0.05, 0.1) is 31.2 Å². The van der Waals surface area contributed by atoms with Crippen LogP contribution in [0.25, 0.3) is 10.1 Å². The summed E-state index contributed by atoms with van der Waals surface area (Å²) in [5.74, 6) is 0.772. The van der Waals surface area contributed by atoms with Gasteiger partial charge in [0.1, 0.15) is 13.2 Å². The van der Waals surface area contributed by atoms with E-state index in [-0.39, 0.29) is 0 Å². The summed E-state index contributed by atoms with van der Waals surface area (Å²) in [5.41, 5.74) is 0. The van der Waals surface area contributed by atoms with Gasteiger partial charge in [-0.3, -0.25) is 0 Å². The van der Waals surface area contributed by atoms with Crippen LogP contribution in [0.3, 0.4) is 0 Å². The predicted molar refractivity (Wildman–Crippen MR) is 68.0 cm³/mol. The minimum atomic E-state index is 0.706. The lowest BCUT2D eigenvalue weighted by atomic mass is 10.3. The van der Waals surface area contributed by atoms with Gasteiger partial charge in [0.25, 0.3) is 0 Å². The third-order valence-electron chi connectivity index (χ3n) is 2.35. The van der Waals surface area contributed by atoms with E-state index in [2.05, 4.69) is 37.6 Å². The summed E-state index contributed by atoms with van der Waals surface area (Å²) in [6.45, 7) is 1.68. The van der Waals surface area contributed by atoms with E-state index in [4.69, 9.17) is 4.74 Å². The molecule has 2 rings (SSSR count). The maximum atomic E-state index is 5.72. The van der Waals surface area contributed by atoms with Crippen molar-refractivity contribution < 1.29 is 9.22 Å². The van der Waals surface area contributed by atoms with Crippen molar-refractivity contribution in [2.24, 2.45) is 0 Å². The summed E-state index contributed by atoms with van der Waals surface area (Å²) >= 11 is 1.49. The molecule has 0 bridgehead atoms. The van der Waals surface area contributed by atoms with Gasteiger partial charge < -0.3 is 9.22 Å². The van der Waals surface area contributed by atoms with Crippen molar-refractivity contribution in [3.63, 3.8) is 0 Å². The number of hydrogen-bond donors (Lipinski definition) is 0. The first-order valence-corrected chi connectivity index (χ1v) is 6.11. The Morgan fingerprint density at radius 2 is 2.00 bits per heavy atom. The molecule has 16 heavy (non-hydrogen) atoms. The Morgan fingerprint density at radius 3 is 2.75 bits per heavy atom. The molecule has 0 aliphatic carbocycles. The Balaban J connectivity index is 2.05. The molecule has 0 saturated carbocycles. The van der Waals surface area contributed by atoms with Gasteiger partial charge in [-0.1, -0.05) is 12.1 Å². The van der Waals surface area contributed by atoms with Crippen molar-refractivity contribution in [2.75, 3.05) is 34.3 Å². The van der Waals surface area contributed by atoms with Crippen LogP contribution < -0.4 is 4.74 Å². The van der Waals surface area contributed by atoms with Crippen LogP contribution in [0, 0.1) is 0 Å². The number of aromatic nitrogens is 1. The summed E-state index contributed by atoms with van der Waals surface area (Å²) in [6.07, 6.45) is 0. The van der Waals surface area contributed by atoms with E-state index in [0.29, 0.717) is 6.61 Å². The number of quaternary nitrogens is 1. The maximum Gasteiger partial charge on any atom is 0.233 e. The second-order valence-electron chi connectivity index (χ2n) is 4.85. The normalized spacial score (nSPS) is 11.9. The van der Waals surface area contributed by atoms with E-state index >= 15 is 0 Å². The first-order valence-electron chi connectivity index (χ1n) is 5.34. The lowest BCUT2D eigenvalue weighted by Gasteiger charge is -2.23. The van der Waals surface area contributed by atoms with Crippen molar-refractivity contribution in [1.82, 2.24) is 4.37 Å². The van der Waals surface area contributed by atoms with Crippen LogP contribution in [0.15, 0.2) is 24.3 Å². The molecule has 0 saturated heterocycles. The SMILES string of the molecule is C[N+](C)(C)CCOc1nsc2ccccc12. The minimum absolute atomic E-state index is 0.706. The van der Waals surface area contributed by atoms with Crippen LogP contribution >= 0.6 is 11.5 Å². The fraction of sp³-hybridized carbons (Fsp3) is 0.417. The maximum absolute atomic E-state index is 5.72. The molecule has 0 amide bonds. The quantitative estimate of drug-likeness (QED) is 0.762. The van der Waals surface area contributed by atoms with Crippen molar-refractivity contribution >= 4 is 21.6 Å². The highest BCUT2D eigenvalue weighted by Crippen LogP contribution is 2.27. The molecule has 1 aromatic heterocycles. The number of likely N-dealkylation sites (N-methyl/N-ethyl adjacent to an activating group) is 1.